The first-order valence-corrected chi connectivity index (χ1v) is 4.76. The minimum absolute atomic E-state index is 0. The largest absolute Gasteiger partial charge is 0.466 e. The van der Waals surface area contributed by atoms with Crippen LogP contribution in [0.15, 0.2) is 0 Å². The summed E-state index contributed by atoms with van der Waals surface area (Å²) in [6, 6.07) is 0. The monoisotopic (exact) mass is 200 g/mol. The molecule has 0 aromatic rings. The average molecular weight is 200 g/mol. The zero-order chi connectivity index (χ0) is 8.74. The van der Waals surface area contributed by atoms with Gasteiger partial charge in [0.2, 0.25) is 0 Å². The summed E-state index contributed by atoms with van der Waals surface area (Å²) in [6.45, 7) is 4.56. The Morgan fingerprint density at radius 1 is 0.917 bits per heavy atom. The van der Waals surface area contributed by atoms with Crippen LogP contribution in [-0.2, 0) is 4.57 Å². The number of hydrogen-bond donors (Lipinski definition) is 5. The fourth-order valence-electron chi connectivity index (χ4n) is 0.604. The van der Waals surface area contributed by atoms with Gasteiger partial charge in [-0.25, -0.2) is 4.57 Å². The van der Waals surface area contributed by atoms with Gasteiger partial charge in [0.15, 0.2) is 0 Å². The van der Waals surface area contributed by atoms with Crippen molar-refractivity contribution < 1.29 is 19.2 Å². The van der Waals surface area contributed by atoms with E-state index in [0.717, 1.165) is 26.2 Å². The van der Waals surface area contributed by atoms with E-state index in [1.165, 1.54) is 0 Å². The van der Waals surface area contributed by atoms with Gasteiger partial charge >= 0.3 is 7.82 Å². The van der Waals surface area contributed by atoms with Gasteiger partial charge in [-0.1, -0.05) is 7.43 Å². The first kappa shape index (κ1) is 14.5. The predicted octanol–water partition coefficient (Wildman–Crippen LogP) is -1.11. The second kappa shape index (κ2) is 7.67. The van der Waals surface area contributed by atoms with E-state index >= 15 is 0 Å². The summed E-state index contributed by atoms with van der Waals surface area (Å²) >= 11 is 0. The maximum absolute atomic E-state index is 8.88. The summed E-state index contributed by atoms with van der Waals surface area (Å²) in [4.78, 5) is 21.6. The fraction of sp³-hybridized carbons (Fsp3) is 1.00. The second-order valence-corrected chi connectivity index (χ2v) is 3.04. The average Bonchev–Trinajstić information content (AvgIpc) is 1.88. The summed E-state index contributed by atoms with van der Waals surface area (Å²) in [5, 5.41) is 6.44. The number of nitrogens with one attached hydrogen (secondary N) is 2. The molecule has 0 unspecified atom stereocenters. The van der Waals surface area contributed by atoms with Crippen LogP contribution in [0.3, 0.4) is 0 Å². The molecule has 12 heavy (non-hydrogen) atoms. The van der Waals surface area contributed by atoms with E-state index in [0.29, 0.717) is 0 Å². The van der Waals surface area contributed by atoms with Crippen LogP contribution < -0.4 is 10.6 Å². The molecule has 1 fully saturated rings. The van der Waals surface area contributed by atoms with Gasteiger partial charge < -0.3 is 25.3 Å². The zero-order valence-electron chi connectivity index (χ0n) is 6.03. The van der Waals surface area contributed by atoms with Gasteiger partial charge in [0.1, 0.15) is 0 Å². The highest BCUT2D eigenvalue weighted by atomic mass is 31.2. The Labute approximate surface area is 72.2 Å². The van der Waals surface area contributed by atoms with Gasteiger partial charge in [0.25, 0.3) is 0 Å². The van der Waals surface area contributed by atoms with Gasteiger partial charge in [-0.15, -0.1) is 0 Å². The van der Waals surface area contributed by atoms with E-state index in [4.69, 9.17) is 19.2 Å². The maximum Gasteiger partial charge on any atom is 0.466 e. The highest BCUT2D eigenvalue weighted by molar-refractivity contribution is 7.45. The highest BCUT2D eigenvalue weighted by Crippen LogP contribution is 2.25. The van der Waals surface area contributed by atoms with Gasteiger partial charge in [0, 0.05) is 26.2 Å². The molecule has 1 rings (SSSR count). The number of phosphoric acid groups is 1. The minimum atomic E-state index is -4.64. The molecule has 0 radical (unpaired) electrons. The van der Waals surface area contributed by atoms with Crippen LogP contribution in [0.2, 0.25) is 0 Å². The van der Waals surface area contributed by atoms with Crippen molar-refractivity contribution in [2.75, 3.05) is 26.2 Å². The Morgan fingerprint density at radius 2 is 1.08 bits per heavy atom. The normalized spacial score (nSPS) is 16.9. The summed E-state index contributed by atoms with van der Waals surface area (Å²) in [5.74, 6) is 0. The summed E-state index contributed by atoms with van der Waals surface area (Å²) in [5.41, 5.74) is 0. The molecule has 1 saturated heterocycles. The molecule has 6 nitrogen and oxygen atoms in total. The molecule has 0 atom stereocenters. The molecule has 0 aliphatic carbocycles. The lowest BCUT2D eigenvalue weighted by molar-refractivity contribution is 0.275. The van der Waals surface area contributed by atoms with Gasteiger partial charge in [-0.2, -0.15) is 0 Å². The molecule has 1 aliphatic heterocycles. The topological polar surface area (TPSA) is 102 Å². The molecule has 0 bridgehead atoms. The third-order valence-electron chi connectivity index (χ3n) is 0.957. The Bertz CT molecular complexity index is 114. The summed E-state index contributed by atoms with van der Waals surface area (Å²) in [7, 11) is -4.64. The van der Waals surface area contributed by atoms with Crippen LogP contribution in [0.25, 0.3) is 0 Å². The molecular weight excluding hydrogens is 183 g/mol. The van der Waals surface area contributed by atoms with Gasteiger partial charge in [0.05, 0.1) is 0 Å². The van der Waals surface area contributed by atoms with Crippen molar-refractivity contribution >= 4 is 7.82 Å². The van der Waals surface area contributed by atoms with Crippen LogP contribution in [0.5, 0.6) is 0 Å². The minimum Gasteiger partial charge on any atom is -0.314 e. The molecular formula is C5H17N2O4P. The quantitative estimate of drug-likeness (QED) is 0.318. The third kappa shape index (κ3) is 22.5. The van der Waals surface area contributed by atoms with Crippen molar-refractivity contribution in [2.24, 2.45) is 0 Å². The molecule has 0 saturated carbocycles. The molecule has 0 aromatic heterocycles. The molecule has 1 heterocycles. The smallest absolute Gasteiger partial charge is 0.314 e. The van der Waals surface area contributed by atoms with Gasteiger partial charge in [-0.3, -0.25) is 0 Å². The van der Waals surface area contributed by atoms with Crippen molar-refractivity contribution in [1.29, 1.82) is 0 Å². The summed E-state index contributed by atoms with van der Waals surface area (Å²) in [6.07, 6.45) is 0. The van der Waals surface area contributed by atoms with Crippen molar-refractivity contribution in [3.8, 4) is 0 Å². The van der Waals surface area contributed by atoms with Crippen molar-refractivity contribution in [2.45, 2.75) is 7.43 Å². The number of piperazine rings is 1. The van der Waals surface area contributed by atoms with Crippen LogP contribution in [0, 0.1) is 0 Å². The Hall–Kier alpha value is 0.0300. The third-order valence-corrected chi connectivity index (χ3v) is 0.957. The van der Waals surface area contributed by atoms with E-state index in [1.807, 2.05) is 0 Å². The Balaban J connectivity index is 0. The van der Waals surface area contributed by atoms with E-state index in [1.54, 1.807) is 0 Å². The highest BCUT2D eigenvalue weighted by Gasteiger charge is 2.00. The molecule has 0 aromatic carbocycles. The Morgan fingerprint density at radius 3 is 1.17 bits per heavy atom. The lowest BCUT2D eigenvalue weighted by Crippen LogP contribution is -2.39. The predicted molar refractivity (Wildman–Crippen MR) is 46.7 cm³/mol. The second-order valence-electron chi connectivity index (χ2n) is 2.01. The fourth-order valence-corrected chi connectivity index (χ4v) is 0.604. The van der Waals surface area contributed by atoms with Crippen molar-refractivity contribution in [1.82, 2.24) is 10.6 Å². The van der Waals surface area contributed by atoms with Crippen LogP contribution >= 0.6 is 7.82 Å². The number of hydrogen-bond acceptors (Lipinski definition) is 3. The van der Waals surface area contributed by atoms with Crippen LogP contribution in [0.4, 0.5) is 0 Å². The standard InChI is InChI=1S/C4H10N2.CH4.H3O4P/c1-2-6-4-3-5-1;;1-5(2,3)4/h5-6H,1-4H2;1H4;(H3,1,2,3,4). The van der Waals surface area contributed by atoms with Crippen molar-refractivity contribution in [3.05, 3.63) is 0 Å². The number of rotatable bonds is 0. The first-order chi connectivity index (χ1) is 5.00. The molecule has 0 amide bonds. The van der Waals surface area contributed by atoms with E-state index in [9.17, 15) is 0 Å². The molecule has 76 valence electrons. The zero-order valence-corrected chi connectivity index (χ0v) is 6.92. The maximum atomic E-state index is 8.88. The lowest BCUT2D eigenvalue weighted by Gasteiger charge is -2.11. The molecule has 0 spiro atoms. The lowest BCUT2D eigenvalue weighted by atomic mass is 10.4. The van der Waals surface area contributed by atoms with E-state index < -0.39 is 7.82 Å². The van der Waals surface area contributed by atoms with E-state index in [-0.39, 0.29) is 7.43 Å². The van der Waals surface area contributed by atoms with Crippen molar-refractivity contribution in [3.63, 3.8) is 0 Å². The first-order valence-electron chi connectivity index (χ1n) is 3.20. The van der Waals surface area contributed by atoms with E-state index in [2.05, 4.69) is 10.6 Å². The Kier molecular flexibility index (Phi) is 9.30. The summed E-state index contributed by atoms with van der Waals surface area (Å²) < 4.78 is 8.88. The molecule has 1 aliphatic rings. The van der Waals surface area contributed by atoms with Crippen LogP contribution in [0.1, 0.15) is 7.43 Å². The van der Waals surface area contributed by atoms with Gasteiger partial charge in [-0.05, 0) is 0 Å². The molecule has 5 N–H and O–H groups in total. The van der Waals surface area contributed by atoms with Crippen LogP contribution in [-0.4, -0.2) is 40.9 Å². The molecule has 7 heteroatoms. The SMILES string of the molecule is C.C1CNCCN1.O=P(O)(O)O.